The van der Waals surface area contributed by atoms with E-state index in [0.717, 1.165) is 105 Å². The minimum absolute atomic E-state index is 0.841. The van der Waals surface area contributed by atoms with Gasteiger partial charge < -0.3 is 22.5 Å². The Hall–Kier alpha value is -8.54. The van der Waals surface area contributed by atoms with Gasteiger partial charge in [-0.1, -0.05) is 103 Å². The summed E-state index contributed by atoms with van der Waals surface area (Å²) in [5.41, 5.74) is 13.2. The van der Waals surface area contributed by atoms with Crippen LogP contribution in [0.1, 0.15) is 0 Å². The van der Waals surface area contributed by atoms with Crippen LogP contribution in [0.3, 0.4) is 0 Å². The molecule has 10 aromatic carbocycles. The van der Waals surface area contributed by atoms with Gasteiger partial charge in [0.05, 0.1) is 22.4 Å². The van der Waals surface area contributed by atoms with Crippen LogP contribution in [0.15, 0.2) is 221 Å². The molecule has 0 aliphatic heterocycles. The van der Waals surface area contributed by atoms with Gasteiger partial charge in [-0.25, -0.2) is 0 Å². The maximum atomic E-state index is 6.60. The summed E-state index contributed by atoms with van der Waals surface area (Å²) in [6.45, 7) is 0. The molecule has 0 aliphatic rings. The van der Waals surface area contributed by atoms with Gasteiger partial charge in [-0.3, -0.25) is 0 Å². The summed E-state index contributed by atoms with van der Waals surface area (Å²) >= 11 is 0. The third-order valence-corrected chi connectivity index (χ3v) is 13.0. The van der Waals surface area contributed by atoms with Crippen LogP contribution in [0.25, 0.3) is 126 Å². The van der Waals surface area contributed by atoms with Crippen molar-refractivity contribution < 1.29 is 8.83 Å². The van der Waals surface area contributed by atoms with E-state index in [0.29, 0.717) is 0 Å². The summed E-state index contributed by atoms with van der Waals surface area (Å²) < 4.78 is 20.2. The van der Waals surface area contributed by atoms with E-state index in [-0.39, 0.29) is 0 Å². The van der Waals surface area contributed by atoms with Gasteiger partial charge in [-0.2, -0.15) is 0 Å². The Morgan fingerprint density at radius 2 is 0.810 bits per heavy atom. The van der Waals surface area contributed by atoms with Crippen molar-refractivity contribution in [1.29, 1.82) is 0 Å². The molecule has 0 aliphatic carbocycles. The molecule has 4 aromatic heterocycles. The Kier molecular flexibility index (Phi) is 7.05. The molecule has 0 unspecified atom stereocenters. The molecule has 0 spiro atoms. The summed E-state index contributed by atoms with van der Waals surface area (Å²) in [7, 11) is 0. The first kappa shape index (κ1) is 34.2. The zero-order valence-corrected chi connectivity index (χ0v) is 33.9. The van der Waals surface area contributed by atoms with Crippen molar-refractivity contribution in [2.45, 2.75) is 0 Å². The van der Waals surface area contributed by atoms with Crippen molar-refractivity contribution in [2.24, 2.45) is 0 Å². The number of aromatic nitrogens is 3. The van der Waals surface area contributed by atoms with Crippen LogP contribution >= 0.6 is 0 Å². The number of rotatable bonds is 3. The fourth-order valence-electron chi connectivity index (χ4n) is 10.3. The molecule has 14 rings (SSSR count). The maximum Gasteiger partial charge on any atom is 0.137 e. The van der Waals surface area contributed by atoms with Crippen LogP contribution in [0.2, 0.25) is 0 Å². The number of hydrogen-bond donors (Lipinski definition) is 0. The second-order valence-electron chi connectivity index (χ2n) is 16.5. The van der Waals surface area contributed by atoms with E-state index in [2.05, 4.69) is 214 Å². The van der Waals surface area contributed by atoms with E-state index in [1.165, 1.54) is 21.5 Å². The number of nitrogens with zero attached hydrogens (tertiary/aromatic N) is 3. The molecule has 294 valence electrons. The lowest BCUT2D eigenvalue weighted by atomic mass is 10.1. The lowest BCUT2D eigenvalue weighted by Crippen LogP contribution is -1.99. The Balaban J connectivity index is 1.11. The highest BCUT2D eigenvalue weighted by Crippen LogP contribution is 2.40. The average Bonchev–Trinajstić information content (AvgIpc) is 4.01. The summed E-state index contributed by atoms with van der Waals surface area (Å²) in [5.74, 6) is 0. The second-order valence-corrected chi connectivity index (χ2v) is 16.5. The van der Waals surface area contributed by atoms with Gasteiger partial charge in [0, 0.05) is 71.5 Å². The fourth-order valence-corrected chi connectivity index (χ4v) is 10.3. The summed E-state index contributed by atoms with van der Waals surface area (Å²) in [5, 5.41) is 11.4. The third-order valence-electron chi connectivity index (χ3n) is 13.0. The molecular weight excluding hydrogens is 771 g/mol. The van der Waals surface area contributed by atoms with Crippen molar-refractivity contribution in [3.05, 3.63) is 212 Å². The lowest BCUT2D eigenvalue weighted by Gasteiger charge is -2.15. The molecular formula is C58H35N3O2. The first-order valence-electron chi connectivity index (χ1n) is 21.4. The molecule has 0 amide bonds. The molecule has 63 heavy (non-hydrogen) atoms. The largest absolute Gasteiger partial charge is 0.456 e. The average molecular weight is 806 g/mol. The summed E-state index contributed by atoms with van der Waals surface area (Å²) in [6.07, 6.45) is 0. The first-order valence-corrected chi connectivity index (χ1v) is 21.4. The van der Waals surface area contributed by atoms with E-state index in [1.54, 1.807) is 0 Å². The molecule has 0 fully saturated rings. The smallest absolute Gasteiger partial charge is 0.137 e. The topological polar surface area (TPSA) is 41.1 Å². The summed E-state index contributed by atoms with van der Waals surface area (Å²) in [4.78, 5) is 0. The molecule has 5 heteroatoms. The Bertz CT molecular complexity index is 4280. The predicted octanol–water partition coefficient (Wildman–Crippen LogP) is 15.9. The molecule has 0 atom stereocenters. The van der Waals surface area contributed by atoms with Crippen molar-refractivity contribution in [1.82, 2.24) is 13.7 Å². The van der Waals surface area contributed by atoms with Gasteiger partial charge in [-0.05, 0) is 119 Å². The van der Waals surface area contributed by atoms with Crippen LogP contribution in [-0.2, 0) is 0 Å². The lowest BCUT2D eigenvalue weighted by molar-refractivity contribution is 0.668. The summed E-state index contributed by atoms with van der Waals surface area (Å²) in [6, 6.07) is 76.6. The normalized spacial score (nSPS) is 12.1. The van der Waals surface area contributed by atoms with Gasteiger partial charge in [0.1, 0.15) is 22.3 Å². The molecule has 4 heterocycles. The maximum absolute atomic E-state index is 6.60. The highest BCUT2D eigenvalue weighted by atomic mass is 16.3. The zero-order chi connectivity index (χ0) is 41.2. The first-order chi connectivity index (χ1) is 31.2. The minimum atomic E-state index is 0.841. The van der Waals surface area contributed by atoms with Gasteiger partial charge in [0.15, 0.2) is 0 Å². The number of furan rings is 2. The van der Waals surface area contributed by atoms with Crippen LogP contribution in [0.5, 0.6) is 0 Å². The standard InChI is InChI=1S/C58H35N3O2/c1-2-17-44-36(11-1)12-9-21-50(44)61-51-20-5-3-19-47(51)58-52(22-10-23-53(58)61)60-40-16-8-14-38(32-40)37-13-7-15-39(31-37)59(43-25-28-46-45-18-4-6-24-54(45)63-57(46)35-43)41-26-29-55-48(33-41)49-34-42(60)27-30-56(49)62-55/h1-35H. The van der Waals surface area contributed by atoms with Crippen molar-refractivity contribution >= 4 is 109 Å². The minimum Gasteiger partial charge on any atom is -0.456 e. The number of para-hydroxylation sites is 2. The van der Waals surface area contributed by atoms with Gasteiger partial charge in [0.2, 0.25) is 0 Å². The Morgan fingerprint density at radius 3 is 1.62 bits per heavy atom. The quantitative estimate of drug-likeness (QED) is 0.178. The predicted molar refractivity (Wildman–Crippen MR) is 262 cm³/mol. The molecule has 14 aromatic rings. The van der Waals surface area contributed by atoms with Gasteiger partial charge in [0.25, 0.3) is 0 Å². The SMILES string of the molecule is c1ccc2c(-n3c4ccccc4c4c(-n5c6cccc(c6)c6cccc(c6)n(-c6ccc7c(c6)oc6ccccc67)c6ccc7oc8ccc5cc8c7c6)cccc43)cccc2c1. The Labute approximate surface area is 359 Å². The zero-order valence-electron chi connectivity index (χ0n) is 33.9. The van der Waals surface area contributed by atoms with Crippen LogP contribution in [-0.4, -0.2) is 13.7 Å². The van der Waals surface area contributed by atoms with Crippen molar-refractivity contribution in [3.8, 4) is 17.1 Å². The number of benzene rings is 10. The Morgan fingerprint density at radius 1 is 0.270 bits per heavy atom. The molecule has 0 saturated heterocycles. The van der Waals surface area contributed by atoms with Crippen LogP contribution in [0, 0.1) is 0 Å². The van der Waals surface area contributed by atoms with E-state index >= 15 is 0 Å². The van der Waals surface area contributed by atoms with Crippen LogP contribution in [0.4, 0.5) is 0 Å². The van der Waals surface area contributed by atoms with Crippen LogP contribution < -0.4 is 0 Å². The number of hydrogen-bond acceptors (Lipinski definition) is 2. The van der Waals surface area contributed by atoms with Crippen molar-refractivity contribution in [2.75, 3.05) is 0 Å². The van der Waals surface area contributed by atoms with Crippen molar-refractivity contribution in [3.63, 3.8) is 0 Å². The monoisotopic (exact) mass is 805 g/mol. The van der Waals surface area contributed by atoms with E-state index in [9.17, 15) is 0 Å². The fraction of sp³-hybridized carbons (Fsp3) is 0. The molecule has 0 N–H and O–H groups in total. The number of fused-ring (bicyclic) bond motifs is 14. The van der Waals surface area contributed by atoms with Gasteiger partial charge >= 0.3 is 0 Å². The molecule has 0 saturated carbocycles. The molecule has 8 bridgehead atoms. The molecule has 0 radical (unpaired) electrons. The van der Waals surface area contributed by atoms with Gasteiger partial charge in [-0.15, -0.1) is 0 Å². The van der Waals surface area contributed by atoms with E-state index in [4.69, 9.17) is 8.83 Å². The van der Waals surface area contributed by atoms with E-state index < -0.39 is 0 Å². The highest BCUT2D eigenvalue weighted by Gasteiger charge is 2.19. The molecule has 5 nitrogen and oxygen atoms in total. The van der Waals surface area contributed by atoms with E-state index in [1.807, 2.05) is 12.1 Å². The third kappa shape index (κ3) is 5.05. The second kappa shape index (κ2) is 13.0. The highest BCUT2D eigenvalue weighted by molar-refractivity contribution is 6.15.